The summed E-state index contributed by atoms with van der Waals surface area (Å²) in [4.78, 5) is 25.5. The van der Waals surface area contributed by atoms with Crippen molar-refractivity contribution in [3.8, 4) is 0 Å². The van der Waals surface area contributed by atoms with Crippen molar-refractivity contribution >= 4 is 12.1 Å². The first-order valence-electron chi connectivity index (χ1n) is 7.81. The van der Waals surface area contributed by atoms with Crippen molar-refractivity contribution in [2.45, 2.75) is 32.3 Å². The summed E-state index contributed by atoms with van der Waals surface area (Å²) in [5.41, 5.74) is 0.171. The topological polar surface area (TPSA) is 66.8 Å². The molecule has 0 radical (unpaired) electrons. The van der Waals surface area contributed by atoms with Crippen molar-refractivity contribution in [1.29, 1.82) is 0 Å². The molecule has 5 nitrogen and oxygen atoms in total. The number of aliphatic carboxylic acids is 1. The average molecular weight is 303 g/mol. The fraction of sp³-hybridized carbons (Fsp3) is 0.529. The predicted molar refractivity (Wildman–Crippen MR) is 80.2 cm³/mol. The van der Waals surface area contributed by atoms with Gasteiger partial charge in [-0.2, -0.15) is 0 Å². The van der Waals surface area contributed by atoms with E-state index in [1.165, 1.54) is 0 Å². The van der Waals surface area contributed by atoms with Crippen LogP contribution in [0.4, 0.5) is 4.79 Å². The Morgan fingerprint density at radius 3 is 2.73 bits per heavy atom. The highest BCUT2D eigenvalue weighted by Crippen LogP contribution is 2.47. The Morgan fingerprint density at radius 1 is 1.27 bits per heavy atom. The fourth-order valence-electron chi connectivity index (χ4n) is 3.76. The van der Waals surface area contributed by atoms with Crippen molar-refractivity contribution in [2.24, 2.45) is 11.3 Å². The van der Waals surface area contributed by atoms with Crippen LogP contribution in [0.5, 0.6) is 0 Å². The van der Waals surface area contributed by atoms with Gasteiger partial charge in [0.05, 0.1) is 5.41 Å². The van der Waals surface area contributed by atoms with Crippen LogP contribution < -0.4 is 0 Å². The van der Waals surface area contributed by atoms with Gasteiger partial charge in [0.2, 0.25) is 0 Å². The quantitative estimate of drug-likeness (QED) is 0.932. The van der Waals surface area contributed by atoms with Crippen LogP contribution in [0.25, 0.3) is 0 Å². The molecule has 1 aromatic carbocycles. The third kappa shape index (κ3) is 2.67. The van der Waals surface area contributed by atoms with Crippen LogP contribution in [0.15, 0.2) is 30.3 Å². The summed E-state index contributed by atoms with van der Waals surface area (Å²) in [5.74, 6) is -0.710. The number of likely N-dealkylation sites (tertiary alicyclic amines) is 1. The lowest BCUT2D eigenvalue weighted by atomic mass is 9.68. The first kappa shape index (κ1) is 14.9. The molecule has 1 amide bonds. The van der Waals surface area contributed by atoms with E-state index in [1.807, 2.05) is 30.3 Å². The molecule has 0 bridgehead atoms. The Labute approximate surface area is 129 Å². The second kappa shape index (κ2) is 5.99. The number of carbonyl (C=O) groups is 2. The largest absolute Gasteiger partial charge is 0.481 e. The zero-order chi connectivity index (χ0) is 15.6. The Balaban J connectivity index is 1.63. The molecule has 0 aromatic heterocycles. The van der Waals surface area contributed by atoms with Crippen LogP contribution in [0.2, 0.25) is 0 Å². The second-order valence-corrected chi connectivity index (χ2v) is 6.32. The summed E-state index contributed by atoms with van der Waals surface area (Å²) in [7, 11) is 0. The molecule has 3 rings (SSSR count). The molecular formula is C17H21NO4. The minimum absolute atomic E-state index is 0.0584. The number of rotatable bonds is 3. The monoisotopic (exact) mass is 303 g/mol. The number of carboxylic acid groups (broad SMARTS) is 1. The number of carbonyl (C=O) groups excluding carboxylic acids is 1. The lowest BCUT2D eigenvalue weighted by Crippen LogP contribution is -2.41. The maximum absolute atomic E-state index is 12.2. The van der Waals surface area contributed by atoms with Crippen molar-refractivity contribution in [3.05, 3.63) is 35.9 Å². The number of hydrogen-bond donors (Lipinski definition) is 1. The van der Waals surface area contributed by atoms with Gasteiger partial charge in [0, 0.05) is 13.1 Å². The molecule has 2 unspecified atom stereocenters. The first-order valence-corrected chi connectivity index (χ1v) is 7.81. The van der Waals surface area contributed by atoms with Crippen molar-refractivity contribution in [3.63, 3.8) is 0 Å². The average Bonchev–Trinajstić information content (AvgIpc) is 2.95. The van der Waals surface area contributed by atoms with Gasteiger partial charge in [0.1, 0.15) is 6.61 Å². The molecule has 0 spiro atoms. The first-order chi connectivity index (χ1) is 10.6. The van der Waals surface area contributed by atoms with Gasteiger partial charge in [-0.3, -0.25) is 4.79 Å². The molecule has 118 valence electrons. The molecule has 1 saturated carbocycles. The van der Waals surface area contributed by atoms with E-state index in [2.05, 4.69) is 0 Å². The maximum Gasteiger partial charge on any atom is 0.410 e. The van der Waals surface area contributed by atoms with Crippen molar-refractivity contribution < 1.29 is 19.4 Å². The van der Waals surface area contributed by atoms with Crippen LogP contribution in [0.1, 0.15) is 31.2 Å². The van der Waals surface area contributed by atoms with Crippen LogP contribution >= 0.6 is 0 Å². The predicted octanol–water partition coefficient (Wildman–Crippen LogP) is 2.90. The Hall–Kier alpha value is -2.04. The van der Waals surface area contributed by atoms with Crippen LogP contribution in [-0.4, -0.2) is 35.2 Å². The number of carboxylic acids is 1. The molecule has 1 saturated heterocycles. The van der Waals surface area contributed by atoms with Gasteiger partial charge in [-0.1, -0.05) is 43.2 Å². The molecule has 1 aromatic rings. The van der Waals surface area contributed by atoms with Gasteiger partial charge in [-0.25, -0.2) is 4.79 Å². The maximum atomic E-state index is 12.2. The highest BCUT2D eigenvalue weighted by Gasteiger charge is 2.54. The third-order valence-corrected chi connectivity index (χ3v) is 5.01. The zero-order valence-corrected chi connectivity index (χ0v) is 12.5. The van der Waals surface area contributed by atoms with E-state index < -0.39 is 17.5 Å². The summed E-state index contributed by atoms with van der Waals surface area (Å²) in [6, 6.07) is 9.50. The Kier molecular flexibility index (Phi) is 4.05. The second-order valence-electron chi connectivity index (χ2n) is 6.32. The molecule has 2 atom stereocenters. The number of nitrogens with zero attached hydrogens (tertiary/aromatic N) is 1. The van der Waals surface area contributed by atoms with Crippen molar-refractivity contribution in [1.82, 2.24) is 4.90 Å². The lowest BCUT2D eigenvalue weighted by molar-refractivity contribution is -0.152. The van der Waals surface area contributed by atoms with Crippen LogP contribution in [0, 0.1) is 11.3 Å². The van der Waals surface area contributed by atoms with Crippen LogP contribution in [0.3, 0.4) is 0 Å². The fourth-order valence-corrected chi connectivity index (χ4v) is 3.76. The SMILES string of the molecule is O=C(OCc1ccccc1)N1CC2CCCCC2(C(=O)O)C1. The van der Waals surface area contributed by atoms with Gasteiger partial charge in [0.25, 0.3) is 0 Å². The van der Waals surface area contributed by atoms with E-state index in [1.54, 1.807) is 4.90 Å². The van der Waals surface area contributed by atoms with Crippen LogP contribution in [-0.2, 0) is 16.1 Å². The molecule has 1 heterocycles. The van der Waals surface area contributed by atoms with Gasteiger partial charge in [0.15, 0.2) is 0 Å². The Bertz CT molecular complexity index is 559. The lowest BCUT2D eigenvalue weighted by Gasteiger charge is -2.33. The normalized spacial score (nSPS) is 27.3. The molecule has 1 aliphatic heterocycles. The number of fused-ring (bicyclic) bond motifs is 1. The molecule has 1 aliphatic carbocycles. The van der Waals surface area contributed by atoms with E-state index in [-0.39, 0.29) is 19.1 Å². The zero-order valence-electron chi connectivity index (χ0n) is 12.5. The summed E-state index contributed by atoms with van der Waals surface area (Å²) in [6.07, 6.45) is 3.12. The number of amides is 1. The number of hydrogen-bond acceptors (Lipinski definition) is 3. The summed E-state index contributed by atoms with van der Waals surface area (Å²) >= 11 is 0. The van der Waals surface area contributed by atoms with E-state index in [9.17, 15) is 14.7 Å². The van der Waals surface area contributed by atoms with Gasteiger partial charge in [-0.05, 0) is 24.3 Å². The van der Waals surface area contributed by atoms with E-state index >= 15 is 0 Å². The van der Waals surface area contributed by atoms with Gasteiger partial charge < -0.3 is 14.7 Å². The van der Waals surface area contributed by atoms with E-state index in [4.69, 9.17) is 4.74 Å². The number of benzene rings is 1. The molecule has 1 N–H and O–H groups in total. The van der Waals surface area contributed by atoms with Gasteiger partial charge >= 0.3 is 12.1 Å². The highest BCUT2D eigenvalue weighted by molar-refractivity contribution is 5.78. The van der Waals surface area contributed by atoms with Crippen molar-refractivity contribution in [2.75, 3.05) is 13.1 Å². The Morgan fingerprint density at radius 2 is 2.05 bits per heavy atom. The summed E-state index contributed by atoms with van der Waals surface area (Å²) in [6.45, 7) is 1.00. The number of ether oxygens (including phenoxy) is 1. The van der Waals surface area contributed by atoms with E-state index in [0.29, 0.717) is 13.0 Å². The molecular weight excluding hydrogens is 282 g/mol. The third-order valence-electron chi connectivity index (χ3n) is 5.01. The molecule has 22 heavy (non-hydrogen) atoms. The minimum Gasteiger partial charge on any atom is -0.481 e. The van der Waals surface area contributed by atoms with E-state index in [0.717, 1.165) is 24.8 Å². The standard InChI is InChI=1S/C17H21NO4/c19-15(20)17-9-5-4-8-14(17)10-18(12-17)16(21)22-11-13-6-2-1-3-7-13/h1-3,6-7,14H,4-5,8-12H2,(H,19,20). The summed E-state index contributed by atoms with van der Waals surface area (Å²) < 4.78 is 5.34. The molecule has 5 heteroatoms. The van der Waals surface area contributed by atoms with Gasteiger partial charge in [-0.15, -0.1) is 0 Å². The highest BCUT2D eigenvalue weighted by atomic mass is 16.6. The smallest absolute Gasteiger partial charge is 0.410 e. The molecule has 2 fully saturated rings. The molecule has 2 aliphatic rings. The summed E-state index contributed by atoms with van der Waals surface area (Å²) in [5, 5.41) is 9.63. The minimum atomic E-state index is -0.768.